The maximum Gasteiger partial charge on any atom is 0.224 e. The zero-order valence-electron chi connectivity index (χ0n) is 8.82. The molecule has 0 atom stereocenters. The van der Waals surface area contributed by atoms with Gasteiger partial charge in [0.1, 0.15) is 5.82 Å². The Morgan fingerprint density at radius 2 is 2.24 bits per heavy atom. The summed E-state index contributed by atoms with van der Waals surface area (Å²) in [6.45, 7) is 0.412. The average Bonchev–Trinajstić information content (AvgIpc) is 2.30. The zero-order valence-corrected chi connectivity index (χ0v) is 9.58. The molecule has 2 rings (SSSR count). The van der Waals surface area contributed by atoms with Crippen molar-refractivity contribution in [1.29, 1.82) is 0 Å². The van der Waals surface area contributed by atoms with Crippen molar-refractivity contribution in [3.63, 3.8) is 0 Å². The van der Waals surface area contributed by atoms with Crippen LogP contribution in [0.2, 0.25) is 5.28 Å². The number of anilines is 2. The molecule has 0 aliphatic carbocycles. The summed E-state index contributed by atoms with van der Waals surface area (Å²) in [7, 11) is 0. The summed E-state index contributed by atoms with van der Waals surface area (Å²) >= 11 is 5.65. The van der Waals surface area contributed by atoms with E-state index in [-0.39, 0.29) is 11.1 Å². The maximum absolute atomic E-state index is 12.9. The summed E-state index contributed by atoms with van der Waals surface area (Å²) in [6.07, 6.45) is 1.42. The van der Waals surface area contributed by atoms with Crippen LogP contribution in [-0.2, 0) is 6.54 Å². The van der Waals surface area contributed by atoms with E-state index in [2.05, 4.69) is 15.3 Å². The second-order valence-corrected chi connectivity index (χ2v) is 3.76. The van der Waals surface area contributed by atoms with Crippen molar-refractivity contribution >= 4 is 23.1 Å². The van der Waals surface area contributed by atoms with E-state index in [1.54, 1.807) is 12.1 Å². The van der Waals surface area contributed by atoms with Crippen LogP contribution >= 0.6 is 11.6 Å². The first-order chi connectivity index (χ1) is 8.15. The van der Waals surface area contributed by atoms with Crippen LogP contribution in [0.25, 0.3) is 0 Å². The molecular formula is C11H10ClFN4. The molecule has 0 saturated carbocycles. The van der Waals surface area contributed by atoms with Crippen LogP contribution < -0.4 is 11.1 Å². The quantitative estimate of drug-likeness (QED) is 0.824. The normalized spacial score (nSPS) is 10.2. The zero-order chi connectivity index (χ0) is 12.3. The molecular weight excluding hydrogens is 243 g/mol. The summed E-state index contributed by atoms with van der Waals surface area (Å²) in [6, 6.07) is 6.27. The highest BCUT2D eigenvalue weighted by atomic mass is 35.5. The number of nitrogens with one attached hydrogen (secondary N) is 1. The van der Waals surface area contributed by atoms with E-state index in [9.17, 15) is 4.39 Å². The van der Waals surface area contributed by atoms with E-state index in [1.807, 2.05) is 0 Å². The number of benzene rings is 1. The van der Waals surface area contributed by atoms with Gasteiger partial charge in [0.15, 0.2) is 5.82 Å². The summed E-state index contributed by atoms with van der Waals surface area (Å²) in [5, 5.41) is 3.08. The lowest BCUT2D eigenvalue weighted by atomic mass is 10.2. The molecule has 0 aliphatic heterocycles. The van der Waals surface area contributed by atoms with Crippen LogP contribution in [0, 0.1) is 5.82 Å². The number of halogens is 2. The molecule has 1 aromatic carbocycles. The van der Waals surface area contributed by atoms with Gasteiger partial charge in [-0.3, -0.25) is 0 Å². The molecule has 0 saturated heterocycles. The van der Waals surface area contributed by atoms with Crippen LogP contribution in [0.4, 0.5) is 15.9 Å². The standard InChI is InChI=1S/C11H10ClFN4/c12-11-16-6-9(14)10(17-11)15-5-7-2-1-3-8(13)4-7/h1-4,6H,5,14H2,(H,15,16,17). The summed E-state index contributed by atoms with van der Waals surface area (Å²) < 4.78 is 12.9. The summed E-state index contributed by atoms with van der Waals surface area (Å²) in [5.74, 6) is 0.159. The van der Waals surface area contributed by atoms with Crippen LogP contribution in [0.3, 0.4) is 0 Å². The SMILES string of the molecule is Nc1cnc(Cl)nc1NCc1cccc(F)c1. The Labute approximate surface area is 103 Å². The third kappa shape index (κ3) is 3.04. The molecule has 2 aromatic rings. The monoisotopic (exact) mass is 252 g/mol. The van der Waals surface area contributed by atoms with Crippen molar-refractivity contribution in [2.45, 2.75) is 6.54 Å². The molecule has 1 heterocycles. The predicted molar refractivity (Wildman–Crippen MR) is 65.2 cm³/mol. The number of hydrogen-bond acceptors (Lipinski definition) is 4. The number of rotatable bonds is 3. The molecule has 3 N–H and O–H groups in total. The lowest BCUT2D eigenvalue weighted by molar-refractivity contribution is 0.626. The van der Waals surface area contributed by atoms with E-state index < -0.39 is 0 Å². The van der Waals surface area contributed by atoms with Gasteiger partial charge in [0.2, 0.25) is 5.28 Å². The minimum Gasteiger partial charge on any atom is -0.394 e. The Hall–Kier alpha value is -1.88. The van der Waals surface area contributed by atoms with Gasteiger partial charge in [0, 0.05) is 6.54 Å². The Morgan fingerprint density at radius 1 is 1.41 bits per heavy atom. The minimum atomic E-state index is -0.280. The van der Waals surface area contributed by atoms with Gasteiger partial charge in [-0.2, -0.15) is 4.98 Å². The Morgan fingerprint density at radius 3 is 3.00 bits per heavy atom. The molecule has 17 heavy (non-hydrogen) atoms. The lowest BCUT2D eigenvalue weighted by Crippen LogP contribution is -2.05. The van der Waals surface area contributed by atoms with E-state index >= 15 is 0 Å². The van der Waals surface area contributed by atoms with Crippen LogP contribution in [-0.4, -0.2) is 9.97 Å². The van der Waals surface area contributed by atoms with Crippen LogP contribution in [0.15, 0.2) is 30.5 Å². The van der Waals surface area contributed by atoms with Gasteiger partial charge in [-0.25, -0.2) is 9.37 Å². The van der Waals surface area contributed by atoms with E-state index in [0.717, 1.165) is 5.56 Å². The molecule has 88 valence electrons. The molecule has 0 amide bonds. The van der Waals surface area contributed by atoms with Gasteiger partial charge < -0.3 is 11.1 Å². The smallest absolute Gasteiger partial charge is 0.224 e. The second kappa shape index (κ2) is 4.97. The highest BCUT2D eigenvalue weighted by Crippen LogP contribution is 2.16. The molecule has 6 heteroatoms. The van der Waals surface area contributed by atoms with Gasteiger partial charge >= 0.3 is 0 Å². The largest absolute Gasteiger partial charge is 0.394 e. The van der Waals surface area contributed by atoms with Crippen molar-refractivity contribution in [1.82, 2.24) is 9.97 Å². The van der Waals surface area contributed by atoms with Crippen LogP contribution in [0.1, 0.15) is 5.56 Å². The fourth-order valence-corrected chi connectivity index (χ4v) is 1.48. The lowest BCUT2D eigenvalue weighted by Gasteiger charge is -2.08. The van der Waals surface area contributed by atoms with Crippen molar-refractivity contribution in [2.24, 2.45) is 0 Å². The van der Waals surface area contributed by atoms with Crippen LogP contribution in [0.5, 0.6) is 0 Å². The van der Waals surface area contributed by atoms with Gasteiger partial charge in [-0.1, -0.05) is 12.1 Å². The maximum atomic E-state index is 12.9. The topological polar surface area (TPSA) is 63.8 Å². The molecule has 0 unspecified atom stereocenters. The second-order valence-electron chi connectivity index (χ2n) is 3.43. The van der Waals surface area contributed by atoms with E-state index in [1.165, 1.54) is 18.3 Å². The fourth-order valence-electron chi connectivity index (χ4n) is 1.34. The summed E-state index contributed by atoms with van der Waals surface area (Å²) in [5.41, 5.74) is 6.85. The minimum absolute atomic E-state index is 0.112. The highest BCUT2D eigenvalue weighted by molar-refractivity contribution is 6.28. The fraction of sp³-hybridized carbons (Fsp3) is 0.0909. The first-order valence-corrected chi connectivity index (χ1v) is 5.29. The first-order valence-electron chi connectivity index (χ1n) is 4.91. The number of nitrogens with two attached hydrogens (primary N) is 1. The molecule has 0 aliphatic rings. The number of nitrogen functional groups attached to an aromatic ring is 1. The number of aromatic nitrogens is 2. The summed E-state index contributed by atoms with van der Waals surface area (Å²) in [4.78, 5) is 7.67. The third-order valence-corrected chi connectivity index (χ3v) is 2.32. The molecule has 0 radical (unpaired) electrons. The van der Waals surface area contributed by atoms with E-state index in [4.69, 9.17) is 17.3 Å². The number of nitrogens with zero attached hydrogens (tertiary/aromatic N) is 2. The predicted octanol–water partition coefficient (Wildman–Crippen LogP) is 2.46. The van der Waals surface area contributed by atoms with Crippen molar-refractivity contribution in [2.75, 3.05) is 11.1 Å². The molecule has 0 fully saturated rings. The molecule has 4 nitrogen and oxygen atoms in total. The van der Waals surface area contributed by atoms with Crippen molar-refractivity contribution in [3.8, 4) is 0 Å². The van der Waals surface area contributed by atoms with E-state index in [0.29, 0.717) is 18.1 Å². The Bertz CT molecular complexity index is 533. The van der Waals surface area contributed by atoms with Gasteiger partial charge in [0.05, 0.1) is 11.9 Å². The highest BCUT2D eigenvalue weighted by Gasteiger charge is 2.03. The third-order valence-electron chi connectivity index (χ3n) is 2.14. The number of hydrogen-bond donors (Lipinski definition) is 2. The van der Waals surface area contributed by atoms with Gasteiger partial charge in [0.25, 0.3) is 0 Å². The van der Waals surface area contributed by atoms with Crippen molar-refractivity contribution in [3.05, 3.63) is 47.1 Å². The molecule has 0 spiro atoms. The first kappa shape index (κ1) is 11.6. The Kier molecular flexibility index (Phi) is 3.39. The van der Waals surface area contributed by atoms with Gasteiger partial charge in [-0.05, 0) is 29.3 Å². The average molecular weight is 253 g/mol. The van der Waals surface area contributed by atoms with Crippen molar-refractivity contribution < 1.29 is 4.39 Å². The Balaban J connectivity index is 2.09. The van der Waals surface area contributed by atoms with Gasteiger partial charge in [-0.15, -0.1) is 0 Å². The molecule has 0 bridgehead atoms. The molecule has 1 aromatic heterocycles.